The molecule has 0 amide bonds. The summed E-state index contributed by atoms with van der Waals surface area (Å²) >= 11 is 0. The van der Waals surface area contributed by atoms with Crippen LogP contribution in [0.5, 0.6) is 0 Å². The zero-order chi connectivity index (χ0) is 21.8. The molecule has 2 fully saturated rings. The van der Waals surface area contributed by atoms with E-state index >= 15 is 0 Å². The molecule has 5 nitrogen and oxygen atoms in total. The Kier molecular flexibility index (Phi) is 6.46. The molecule has 0 saturated carbocycles. The van der Waals surface area contributed by atoms with Gasteiger partial charge in [0.15, 0.2) is 0 Å². The Labute approximate surface area is 191 Å². The maximum atomic E-state index is 3.88. The SMILES string of the molecule is C=CNc1cc(Nc2ccc3c(C4CCNCC4)c[nH]c3c2)ccc1CC1CCNCC1. The van der Waals surface area contributed by atoms with Crippen LogP contribution in [0.25, 0.3) is 10.9 Å². The number of anilines is 3. The predicted octanol–water partition coefficient (Wildman–Crippen LogP) is 5.48. The molecule has 5 N–H and O–H groups in total. The third-order valence-corrected chi connectivity index (χ3v) is 7.12. The van der Waals surface area contributed by atoms with Crippen LogP contribution in [0.2, 0.25) is 0 Å². The molecule has 0 radical (unpaired) electrons. The van der Waals surface area contributed by atoms with Crippen LogP contribution >= 0.6 is 0 Å². The highest BCUT2D eigenvalue weighted by molar-refractivity contribution is 5.87. The second-order valence-electron chi connectivity index (χ2n) is 9.27. The summed E-state index contributed by atoms with van der Waals surface area (Å²) in [5.41, 5.74) is 7.38. The zero-order valence-corrected chi connectivity index (χ0v) is 18.8. The average Bonchev–Trinajstić information content (AvgIpc) is 3.25. The lowest BCUT2D eigenvalue weighted by molar-refractivity contribution is 0.373. The summed E-state index contributed by atoms with van der Waals surface area (Å²) in [6, 6.07) is 13.4. The minimum Gasteiger partial charge on any atom is -0.362 e. The Morgan fingerprint density at radius 3 is 2.41 bits per heavy atom. The van der Waals surface area contributed by atoms with E-state index in [0.717, 1.165) is 55.6 Å². The smallest absolute Gasteiger partial charge is 0.0477 e. The number of fused-ring (bicyclic) bond motifs is 1. The highest BCUT2D eigenvalue weighted by atomic mass is 14.9. The van der Waals surface area contributed by atoms with Crippen molar-refractivity contribution in [2.75, 3.05) is 36.8 Å². The van der Waals surface area contributed by atoms with E-state index in [1.165, 1.54) is 47.7 Å². The lowest BCUT2D eigenvalue weighted by Gasteiger charge is -2.24. The summed E-state index contributed by atoms with van der Waals surface area (Å²) in [7, 11) is 0. The van der Waals surface area contributed by atoms with Crippen LogP contribution in [0.3, 0.4) is 0 Å². The summed E-state index contributed by atoms with van der Waals surface area (Å²) in [6.07, 6.45) is 10.0. The molecule has 2 aromatic carbocycles. The molecule has 32 heavy (non-hydrogen) atoms. The van der Waals surface area contributed by atoms with E-state index < -0.39 is 0 Å². The molecular formula is C27H35N5. The lowest BCUT2D eigenvalue weighted by atomic mass is 9.90. The minimum atomic E-state index is 0.656. The first-order valence-electron chi connectivity index (χ1n) is 12.1. The third-order valence-electron chi connectivity index (χ3n) is 7.12. The van der Waals surface area contributed by atoms with Crippen molar-refractivity contribution in [3.8, 4) is 0 Å². The Bertz CT molecular complexity index is 1060. The van der Waals surface area contributed by atoms with Gasteiger partial charge in [0.1, 0.15) is 0 Å². The molecule has 2 saturated heterocycles. The molecule has 0 spiro atoms. The second-order valence-corrected chi connectivity index (χ2v) is 9.27. The molecule has 5 rings (SSSR count). The van der Waals surface area contributed by atoms with Gasteiger partial charge < -0.3 is 26.3 Å². The van der Waals surface area contributed by atoms with Crippen molar-refractivity contribution in [2.45, 2.75) is 38.0 Å². The largest absolute Gasteiger partial charge is 0.362 e. The van der Waals surface area contributed by atoms with Crippen LogP contribution < -0.4 is 21.3 Å². The molecule has 0 aliphatic carbocycles. The summed E-state index contributed by atoms with van der Waals surface area (Å²) < 4.78 is 0. The van der Waals surface area contributed by atoms with Crippen molar-refractivity contribution < 1.29 is 0 Å². The van der Waals surface area contributed by atoms with Crippen molar-refractivity contribution >= 4 is 28.0 Å². The van der Waals surface area contributed by atoms with Crippen molar-refractivity contribution in [1.29, 1.82) is 0 Å². The van der Waals surface area contributed by atoms with Crippen LogP contribution in [-0.4, -0.2) is 31.2 Å². The maximum Gasteiger partial charge on any atom is 0.0477 e. The monoisotopic (exact) mass is 429 g/mol. The average molecular weight is 430 g/mol. The lowest BCUT2D eigenvalue weighted by Crippen LogP contribution is -2.28. The number of benzene rings is 2. The van der Waals surface area contributed by atoms with Gasteiger partial charge >= 0.3 is 0 Å². The van der Waals surface area contributed by atoms with Gasteiger partial charge in [-0.3, -0.25) is 0 Å². The Balaban J connectivity index is 1.33. The third kappa shape index (κ3) is 4.69. The fraction of sp³-hybridized carbons (Fsp3) is 0.407. The zero-order valence-electron chi connectivity index (χ0n) is 18.8. The van der Waals surface area contributed by atoms with Crippen molar-refractivity contribution in [3.05, 3.63) is 66.5 Å². The molecule has 3 heterocycles. The number of nitrogens with one attached hydrogen (secondary N) is 5. The number of aromatic nitrogens is 1. The van der Waals surface area contributed by atoms with E-state index in [0.29, 0.717) is 5.92 Å². The predicted molar refractivity (Wildman–Crippen MR) is 136 cm³/mol. The molecular weight excluding hydrogens is 394 g/mol. The van der Waals surface area contributed by atoms with E-state index in [9.17, 15) is 0 Å². The van der Waals surface area contributed by atoms with Gasteiger partial charge in [-0.05, 0) is 112 Å². The van der Waals surface area contributed by atoms with Gasteiger partial charge in [-0.25, -0.2) is 0 Å². The maximum absolute atomic E-state index is 3.88. The van der Waals surface area contributed by atoms with E-state index in [2.05, 4.69) is 75.4 Å². The fourth-order valence-corrected chi connectivity index (χ4v) is 5.34. The van der Waals surface area contributed by atoms with Crippen molar-refractivity contribution in [3.63, 3.8) is 0 Å². The van der Waals surface area contributed by atoms with Crippen LogP contribution in [0, 0.1) is 5.92 Å². The number of piperidine rings is 2. The normalized spacial score (nSPS) is 18.0. The molecule has 0 unspecified atom stereocenters. The molecule has 1 aromatic heterocycles. The Morgan fingerprint density at radius 1 is 0.906 bits per heavy atom. The summed E-state index contributed by atoms with van der Waals surface area (Å²) in [4.78, 5) is 3.51. The van der Waals surface area contributed by atoms with Gasteiger partial charge in [-0.15, -0.1) is 0 Å². The number of H-pyrrole nitrogens is 1. The standard InChI is InChI=1S/C27H35N5/c1-2-30-26-16-22(4-3-21(26)15-19-7-11-28-12-8-19)32-23-5-6-24-25(18-31-27(24)17-23)20-9-13-29-14-10-20/h2-6,16-20,28-32H,1,7-15H2. The number of hydrogen-bond donors (Lipinski definition) is 5. The van der Waals surface area contributed by atoms with Crippen molar-refractivity contribution in [2.24, 2.45) is 5.92 Å². The second kappa shape index (κ2) is 9.80. The first-order chi connectivity index (χ1) is 15.8. The number of rotatable bonds is 7. The Hall–Kier alpha value is -2.76. The molecule has 3 aromatic rings. The van der Waals surface area contributed by atoms with Crippen LogP contribution in [0.1, 0.15) is 42.7 Å². The highest BCUT2D eigenvalue weighted by Gasteiger charge is 2.19. The van der Waals surface area contributed by atoms with Crippen molar-refractivity contribution in [1.82, 2.24) is 15.6 Å². The highest BCUT2D eigenvalue weighted by Crippen LogP contribution is 2.34. The Morgan fingerprint density at radius 2 is 1.62 bits per heavy atom. The number of hydrogen-bond acceptors (Lipinski definition) is 4. The van der Waals surface area contributed by atoms with Gasteiger partial charge in [0.2, 0.25) is 0 Å². The van der Waals surface area contributed by atoms with Gasteiger partial charge in [0.25, 0.3) is 0 Å². The fourth-order valence-electron chi connectivity index (χ4n) is 5.34. The molecule has 0 atom stereocenters. The van der Waals surface area contributed by atoms with Gasteiger partial charge in [-0.1, -0.05) is 18.7 Å². The van der Waals surface area contributed by atoms with Gasteiger partial charge in [0.05, 0.1) is 0 Å². The quantitative estimate of drug-likeness (QED) is 0.345. The van der Waals surface area contributed by atoms with Crippen LogP contribution in [0.15, 0.2) is 55.4 Å². The molecule has 0 bridgehead atoms. The van der Waals surface area contributed by atoms with E-state index in [-0.39, 0.29) is 0 Å². The number of aromatic amines is 1. The molecule has 2 aliphatic rings. The first kappa shape index (κ1) is 21.1. The van der Waals surface area contributed by atoms with E-state index in [4.69, 9.17) is 0 Å². The van der Waals surface area contributed by atoms with Gasteiger partial charge in [-0.2, -0.15) is 0 Å². The van der Waals surface area contributed by atoms with E-state index in [1.807, 2.05) is 0 Å². The molecule has 5 heteroatoms. The molecule has 168 valence electrons. The first-order valence-corrected chi connectivity index (χ1v) is 12.1. The van der Waals surface area contributed by atoms with Crippen LogP contribution in [-0.2, 0) is 6.42 Å². The molecule has 2 aliphatic heterocycles. The van der Waals surface area contributed by atoms with Gasteiger partial charge in [0, 0.05) is 34.2 Å². The topological polar surface area (TPSA) is 63.9 Å². The van der Waals surface area contributed by atoms with E-state index in [1.54, 1.807) is 6.20 Å². The minimum absolute atomic E-state index is 0.656. The summed E-state index contributed by atoms with van der Waals surface area (Å²) in [5, 5.41) is 15.2. The summed E-state index contributed by atoms with van der Waals surface area (Å²) in [5.74, 6) is 1.41. The summed E-state index contributed by atoms with van der Waals surface area (Å²) in [6.45, 7) is 8.38. The van der Waals surface area contributed by atoms with Crippen LogP contribution in [0.4, 0.5) is 17.1 Å².